The highest BCUT2D eigenvalue weighted by Gasteiger charge is 2.27. The minimum Gasteiger partial charge on any atom is -0.459 e. The number of aryl methyl sites for hydroxylation is 1. The van der Waals surface area contributed by atoms with E-state index < -0.39 is 0 Å². The zero-order chi connectivity index (χ0) is 18.1. The number of hydrogen-bond acceptors (Lipinski definition) is 6. The zero-order valence-electron chi connectivity index (χ0n) is 14.3. The molecule has 6 nitrogen and oxygen atoms in total. The number of thiazole rings is 1. The van der Waals surface area contributed by atoms with Crippen molar-refractivity contribution < 1.29 is 19.1 Å². The average molecular weight is 380 g/mol. The Morgan fingerprint density at radius 3 is 2.84 bits per heavy atom. The number of esters is 1. The van der Waals surface area contributed by atoms with Crippen molar-refractivity contribution in [3.63, 3.8) is 0 Å². The van der Waals surface area contributed by atoms with Crippen LogP contribution in [0.5, 0.6) is 0 Å². The number of amides is 1. The van der Waals surface area contributed by atoms with E-state index in [9.17, 15) is 14.4 Å². The molecule has 25 heavy (non-hydrogen) atoms. The number of ether oxygens (including phenoxy) is 1. The smallest absolute Gasteiger partial charge is 0.341 e. The van der Waals surface area contributed by atoms with Gasteiger partial charge < -0.3 is 14.5 Å². The van der Waals surface area contributed by atoms with Crippen LogP contribution in [-0.4, -0.2) is 39.3 Å². The monoisotopic (exact) mass is 380 g/mol. The molecule has 0 aromatic carbocycles. The molecule has 1 aliphatic heterocycles. The lowest BCUT2D eigenvalue weighted by molar-refractivity contribution is -0.124. The van der Waals surface area contributed by atoms with E-state index in [1.165, 1.54) is 23.1 Å². The van der Waals surface area contributed by atoms with Crippen LogP contribution in [0.1, 0.15) is 41.9 Å². The molecule has 0 spiro atoms. The number of carbonyl (C=O) groups excluding carboxylic acids is 3. The molecule has 134 valence electrons. The number of hydrogen-bond donors (Lipinski definition) is 1. The van der Waals surface area contributed by atoms with Crippen LogP contribution in [0.25, 0.3) is 4.83 Å². The van der Waals surface area contributed by atoms with E-state index in [1.54, 1.807) is 0 Å². The van der Waals surface area contributed by atoms with Crippen molar-refractivity contribution in [3.8, 4) is 0 Å². The number of nitrogens with one attached hydrogen (secondary N) is 1. The van der Waals surface area contributed by atoms with Crippen molar-refractivity contribution >= 4 is 44.9 Å². The third-order valence-corrected chi connectivity index (χ3v) is 5.95. The van der Waals surface area contributed by atoms with Gasteiger partial charge in [0.05, 0.1) is 24.1 Å². The van der Waals surface area contributed by atoms with Gasteiger partial charge in [0.2, 0.25) is 11.0 Å². The molecule has 0 aliphatic carbocycles. The SMILES string of the molecule is Cc1cn2c(CC(=O)NC3CCSC3=O)csc2c1C(=O)OC(C)C. The third kappa shape index (κ3) is 3.74. The van der Waals surface area contributed by atoms with Crippen LogP contribution in [0.4, 0.5) is 0 Å². The van der Waals surface area contributed by atoms with Gasteiger partial charge in [-0.25, -0.2) is 4.79 Å². The first kappa shape index (κ1) is 18.0. The molecule has 2 aromatic heterocycles. The largest absolute Gasteiger partial charge is 0.459 e. The van der Waals surface area contributed by atoms with Crippen LogP contribution in [-0.2, 0) is 20.7 Å². The van der Waals surface area contributed by atoms with Crippen molar-refractivity contribution in [1.29, 1.82) is 0 Å². The van der Waals surface area contributed by atoms with Gasteiger partial charge in [-0.2, -0.15) is 0 Å². The number of aromatic nitrogens is 1. The van der Waals surface area contributed by atoms with Crippen molar-refractivity contribution in [2.75, 3.05) is 5.75 Å². The summed E-state index contributed by atoms with van der Waals surface area (Å²) in [6.07, 6.45) is 2.51. The van der Waals surface area contributed by atoms with Gasteiger partial charge in [0.15, 0.2) is 0 Å². The van der Waals surface area contributed by atoms with E-state index in [0.29, 0.717) is 12.0 Å². The Bertz CT molecular complexity index is 837. The molecule has 0 radical (unpaired) electrons. The van der Waals surface area contributed by atoms with Gasteiger partial charge in [-0.1, -0.05) is 11.8 Å². The second-order valence-electron chi connectivity index (χ2n) is 6.30. The summed E-state index contributed by atoms with van der Waals surface area (Å²) in [5, 5.41) is 4.69. The Balaban J connectivity index is 1.78. The van der Waals surface area contributed by atoms with Crippen LogP contribution in [0.3, 0.4) is 0 Å². The Hall–Kier alpha value is -1.80. The zero-order valence-corrected chi connectivity index (χ0v) is 16.0. The molecule has 3 rings (SSSR count). The number of thioether (sulfide) groups is 1. The fourth-order valence-electron chi connectivity index (χ4n) is 2.80. The lowest BCUT2D eigenvalue weighted by atomic mass is 10.2. The van der Waals surface area contributed by atoms with E-state index in [4.69, 9.17) is 4.74 Å². The average Bonchev–Trinajstić information content (AvgIpc) is 3.16. The first-order valence-corrected chi connectivity index (χ1v) is 9.98. The van der Waals surface area contributed by atoms with Crippen LogP contribution in [0.2, 0.25) is 0 Å². The Kier molecular flexibility index (Phi) is 5.19. The summed E-state index contributed by atoms with van der Waals surface area (Å²) in [6.45, 7) is 5.48. The summed E-state index contributed by atoms with van der Waals surface area (Å²) in [4.78, 5) is 37.0. The number of fused-ring (bicyclic) bond motifs is 1. The molecule has 8 heteroatoms. The summed E-state index contributed by atoms with van der Waals surface area (Å²) in [6, 6.07) is -0.380. The van der Waals surface area contributed by atoms with Crippen molar-refractivity contribution in [3.05, 3.63) is 28.4 Å². The predicted octanol–water partition coefficient (Wildman–Crippen LogP) is 2.57. The van der Waals surface area contributed by atoms with Gasteiger partial charge in [-0.15, -0.1) is 11.3 Å². The molecule has 1 N–H and O–H groups in total. The molecule has 0 saturated carbocycles. The van der Waals surface area contributed by atoms with Gasteiger partial charge in [0, 0.05) is 23.0 Å². The fraction of sp³-hybridized carbons (Fsp3) is 0.471. The quantitative estimate of drug-likeness (QED) is 0.807. The molecule has 1 fully saturated rings. The van der Waals surface area contributed by atoms with Crippen molar-refractivity contribution in [1.82, 2.24) is 9.72 Å². The van der Waals surface area contributed by atoms with Crippen molar-refractivity contribution in [2.45, 2.75) is 45.8 Å². The van der Waals surface area contributed by atoms with E-state index in [0.717, 1.165) is 21.8 Å². The molecule has 0 bridgehead atoms. The predicted molar refractivity (Wildman–Crippen MR) is 98.3 cm³/mol. The molecule has 1 unspecified atom stereocenters. The van der Waals surface area contributed by atoms with E-state index >= 15 is 0 Å². The topological polar surface area (TPSA) is 76.9 Å². The molecular weight excluding hydrogens is 360 g/mol. The first-order chi connectivity index (χ1) is 11.9. The first-order valence-electron chi connectivity index (χ1n) is 8.11. The Morgan fingerprint density at radius 1 is 1.44 bits per heavy atom. The maximum atomic E-state index is 12.3. The minimum atomic E-state index is -0.380. The normalized spacial score (nSPS) is 17.4. The van der Waals surface area contributed by atoms with Crippen LogP contribution in [0.15, 0.2) is 11.6 Å². The summed E-state index contributed by atoms with van der Waals surface area (Å²) >= 11 is 2.68. The van der Waals surface area contributed by atoms with Gasteiger partial charge >= 0.3 is 5.97 Å². The third-order valence-electron chi connectivity index (χ3n) is 3.92. The molecule has 2 aromatic rings. The van der Waals surface area contributed by atoms with E-state index in [2.05, 4.69) is 5.32 Å². The molecule has 3 heterocycles. The Morgan fingerprint density at radius 2 is 2.20 bits per heavy atom. The van der Waals surface area contributed by atoms with Crippen LogP contribution >= 0.6 is 23.1 Å². The second-order valence-corrected chi connectivity index (χ2v) is 8.25. The van der Waals surface area contributed by atoms with Crippen LogP contribution < -0.4 is 5.32 Å². The lowest BCUT2D eigenvalue weighted by Crippen LogP contribution is -2.38. The van der Waals surface area contributed by atoms with Gasteiger partial charge in [0.25, 0.3) is 0 Å². The van der Waals surface area contributed by atoms with E-state index in [-0.39, 0.29) is 35.6 Å². The molecular formula is C17H20N2O4S2. The summed E-state index contributed by atoms with van der Waals surface area (Å²) < 4.78 is 7.17. The van der Waals surface area contributed by atoms with Crippen LogP contribution in [0, 0.1) is 6.92 Å². The van der Waals surface area contributed by atoms with Gasteiger partial charge in [0.1, 0.15) is 4.83 Å². The second kappa shape index (κ2) is 7.21. The molecule has 1 saturated heterocycles. The fourth-order valence-corrected chi connectivity index (χ4v) is 4.82. The molecule has 1 atom stereocenters. The summed E-state index contributed by atoms with van der Waals surface area (Å²) in [5.74, 6) is 0.226. The van der Waals surface area contributed by atoms with E-state index in [1.807, 2.05) is 36.7 Å². The van der Waals surface area contributed by atoms with Crippen molar-refractivity contribution in [2.24, 2.45) is 0 Å². The highest BCUT2D eigenvalue weighted by Crippen LogP contribution is 2.27. The number of nitrogens with zero attached hydrogens (tertiary/aromatic N) is 1. The summed E-state index contributed by atoms with van der Waals surface area (Å²) in [5.41, 5.74) is 2.16. The highest BCUT2D eigenvalue weighted by molar-refractivity contribution is 8.14. The number of rotatable bonds is 5. The van der Waals surface area contributed by atoms with Gasteiger partial charge in [-0.3, -0.25) is 9.59 Å². The highest BCUT2D eigenvalue weighted by atomic mass is 32.2. The maximum Gasteiger partial charge on any atom is 0.341 e. The molecule has 1 aliphatic rings. The molecule has 1 amide bonds. The van der Waals surface area contributed by atoms with Gasteiger partial charge in [-0.05, 0) is 32.8 Å². The maximum absolute atomic E-state index is 12.3. The number of carbonyl (C=O) groups is 3. The Labute approximate surface area is 153 Å². The standard InChI is InChI=1S/C17H20N2O4S2/c1-9(2)23-16(21)14-10(3)7-19-11(8-25-15(14)19)6-13(20)18-12-4-5-24-17(12)22/h7-9,12H,4-6H2,1-3H3,(H,18,20). The summed E-state index contributed by atoms with van der Waals surface area (Å²) in [7, 11) is 0. The lowest BCUT2D eigenvalue weighted by Gasteiger charge is -2.09. The minimum absolute atomic E-state index is 0.0272.